The van der Waals surface area contributed by atoms with Crippen molar-refractivity contribution in [3.8, 4) is 11.1 Å². The summed E-state index contributed by atoms with van der Waals surface area (Å²) in [4.78, 5) is 0. The minimum Gasteiger partial charge on any atom is -0.313 e. The average molecular weight is 277 g/mol. The molecular formula is C16H14F3N. The molecule has 4 heteroatoms. The fraction of sp³-hybridized carbons (Fsp3) is 0.250. The fourth-order valence-corrected chi connectivity index (χ4v) is 2.83. The van der Waals surface area contributed by atoms with Crippen molar-refractivity contribution in [1.82, 2.24) is 5.32 Å². The SMILES string of the molecule is CNC1CCc2cc(-c3cc(F)c(F)cc3F)ccc21. The van der Waals surface area contributed by atoms with Crippen LogP contribution in [0.3, 0.4) is 0 Å². The standard InChI is InChI=1S/C16H14F3N/c1-20-16-5-3-9-6-10(2-4-11(9)16)12-7-14(18)15(19)8-13(12)17/h2,4,6-8,16,20H,3,5H2,1H3. The molecule has 0 heterocycles. The van der Waals surface area contributed by atoms with Crippen molar-refractivity contribution in [2.75, 3.05) is 7.05 Å². The predicted molar refractivity (Wildman–Crippen MR) is 71.9 cm³/mol. The molecule has 1 aliphatic rings. The van der Waals surface area contributed by atoms with E-state index >= 15 is 0 Å². The van der Waals surface area contributed by atoms with E-state index < -0.39 is 17.5 Å². The van der Waals surface area contributed by atoms with Crippen LogP contribution in [-0.2, 0) is 6.42 Å². The molecule has 1 atom stereocenters. The molecule has 3 rings (SSSR count). The third kappa shape index (κ3) is 2.10. The van der Waals surface area contributed by atoms with E-state index in [0.717, 1.165) is 24.5 Å². The van der Waals surface area contributed by atoms with Crippen LogP contribution < -0.4 is 5.32 Å². The third-order valence-corrected chi connectivity index (χ3v) is 3.89. The molecule has 0 radical (unpaired) electrons. The lowest BCUT2D eigenvalue weighted by Crippen LogP contribution is -2.12. The molecule has 0 aromatic heterocycles. The summed E-state index contributed by atoms with van der Waals surface area (Å²) < 4.78 is 40.0. The molecule has 1 aliphatic carbocycles. The van der Waals surface area contributed by atoms with Gasteiger partial charge in [-0.05, 0) is 42.6 Å². The molecule has 104 valence electrons. The number of halogens is 3. The molecule has 2 aromatic carbocycles. The second-order valence-corrected chi connectivity index (χ2v) is 5.04. The van der Waals surface area contributed by atoms with E-state index in [1.165, 1.54) is 5.56 Å². The monoisotopic (exact) mass is 277 g/mol. The topological polar surface area (TPSA) is 12.0 Å². The second-order valence-electron chi connectivity index (χ2n) is 5.04. The van der Waals surface area contributed by atoms with Gasteiger partial charge in [-0.15, -0.1) is 0 Å². The molecule has 0 saturated heterocycles. The van der Waals surface area contributed by atoms with E-state index in [0.29, 0.717) is 17.7 Å². The molecule has 0 aliphatic heterocycles. The number of nitrogens with one attached hydrogen (secondary N) is 1. The van der Waals surface area contributed by atoms with Crippen molar-refractivity contribution in [1.29, 1.82) is 0 Å². The Bertz CT molecular complexity index is 667. The highest BCUT2D eigenvalue weighted by atomic mass is 19.2. The molecule has 2 aromatic rings. The first kappa shape index (κ1) is 13.2. The van der Waals surface area contributed by atoms with E-state index in [4.69, 9.17) is 0 Å². The summed E-state index contributed by atoms with van der Waals surface area (Å²) in [5.74, 6) is -2.94. The number of fused-ring (bicyclic) bond motifs is 1. The van der Waals surface area contributed by atoms with Crippen molar-refractivity contribution in [2.24, 2.45) is 0 Å². The van der Waals surface area contributed by atoms with Gasteiger partial charge in [0.2, 0.25) is 0 Å². The van der Waals surface area contributed by atoms with E-state index in [2.05, 4.69) is 5.32 Å². The molecule has 0 saturated carbocycles. The summed E-state index contributed by atoms with van der Waals surface area (Å²) in [6.07, 6.45) is 1.90. The highest BCUT2D eigenvalue weighted by Gasteiger charge is 2.22. The fourth-order valence-electron chi connectivity index (χ4n) is 2.83. The Kier molecular flexibility index (Phi) is 3.26. The summed E-state index contributed by atoms with van der Waals surface area (Å²) in [6.45, 7) is 0. The van der Waals surface area contributed by atoms with Gasteiger partial charge in [0.15, 0.2) is 11.6 Å². The normalized spacial score (nSPS) is 17.3. The first-order valence-electron chi connectivity index (χ1n) is 6.55. The summed E-state index contributed by atoms with van der Waals surface area (Å²) in [6, 6.07) is 7.37. The number of hydrogen-bond acceptors (Lipinski definition) is 1. The quantitative estimate of drug-likeness (QED) is 0.819. The number of benzene rings is 2. The zero-order chi connectivity index (χ0) is 14.3. The lowest BCUT2D eigenvalue weighted by Gasteiger charge is -2.11. The van der Waals surface area contributed by atoms with Gasteiger partial charge in [-0.2, -0.15) is 0 Å². The molecule has 1 N–H and O–H groups in total. The van der Waals surface area contributed by atoms with Gasteiger partial charge in [-0.25, -0.2) is 13.2 Å². The highest BCUT2D eigenvalue weighted by molar-refractivity contribution is 5.66. The van der Waals surface area contributed by atoms with Crippen LogP contribution >= 0.6 is 0 Å². The Morgan fingerprint density at radius 2 is 1.75 bits per heavy atom. The molecule has 0 fully saturated rings. The van der Waals surface area contributed by atoms with E-state index in [-0.39, 0.29) is 5.56 Å². The second kappa shape index (κ2) is 4.94. The average Bonchev–Trinajstić information content (AvgIpc) is 2.85. The zero-order valence-corrected chi connectivity index (χ0v) is 11.0. The van der Waals surface area contributed by atoms with Gasteiger partial charge in [-0.1, -0.05) is 18.2 Å². The van der Waals surface area contributed by atoms with Crippen molar-refractivity contribution in [3.63, 3.8) is 0 Å². The first-order chi connectivity index (χ1) is 9.60. The molecule has 1 nitrogen and oxygen atoms in total. The van der Waals surface area contributed by atoms with Crippen LogP contribution in [0.25, 0.3) is 11.1 Å². The molecule has 0 bridgehead atoms. The van der Waals surface area contributed by atoms with Crippen LogP contribution in [0.2, 0.25) is 0 Å². The van der Waals surface area contributed by atoms with Crippen LogP contribution in [0.1, 0.15) is 23.6 Å². The van der Waals surface area contributed by atoms with E-state index in [1.54, 1.807) is 6.07 Å². The van der Waals surface area contributed by atoms with Crippen molar-refractivity contribution in [3.05, 3.63) is 58.9 Å². The summed E-state index contributed by atoms with van der Waals surface area (Å²) in [5, 5.41) is 3.22. The summed E-state index contributed by atoms with van der Waals surface area (Å²) in [5.41, 5.74) is 3.00. The highest BCUT2D eigenvalue weighted by Crippen LogP contribution is 2.35. The Balaban J connectivity index is 2.06. The maximum atomic E-state index is 13.8. The van der Waals surface area contributed by atoms with Crippen LogP contribution in [0, 0.1) is 17.5 Å². The smallest absolute Gasteiger partial charge is 0.161 e. The van der Waals surface area contributed by atoms with E-state index in [9.17, 15) is 13.2 Å². The largest absolute Gasteiger partial charge is 0.313 e. The molecular weight excluding hydrogens is 263 g/mol. The van der Waals surface area contributed by atoms with Gasteiger partial charge >= 0.3 is 0 Å². The summed E-state index contributed by atoms with van der Waals surface area (Å²) in [7, 11) is 1.91. The Morgan fingerprint density at radius 1 is 1.00 bits per heavy atom. The molecule has 0 spiro atoms. The first-order valence-corrected chi connectivity index (χ1v) is 6.55. The Morgan fingerprint density at radius 3 is 2.50 bits per heavy atom. The van der Waals surface area contributed by atoms with Crippen LogP contribution in [0.5, 0.6) is 0 Å². The molecule has 0 amide bonds. The van der Waals surface area contributed by atoms with Crippen LogP contribution in [0.15, 0.2) is 30.3 Å². The van der Waals surface area contributed by atoms with Gasteiger partial charge in [0.05, 0.1) is 0 Å². The maximum absolute atomic E-state index is 13.8. The number of rotatable bonds is 2. The third-order valence-electron chi connectivity index (χ3n) is 3.89. The molecule has 1 unspecified atom stereocenters. The number of aryl methyl sites for hydroxylation is 1. The summed E-state index contributed by atoms with van der Waals surface area (Å²) >= 11 is 0. The van der Waals surface area contributed by atoms with Crippen molar-refractivity contribution >= 4 is 0 Å². The van der Waals surface area contributed by atoms with Crippen molar-refractivity contribution in [2.45, 2.75) is 18.9 Å². The molecule has 20 heavy (non-hydrogen) atoms. The van der Waals surface area contributed by atoms with Gasteiger partial charge in [0.25, 0.3) is 0 Å². The van der Waals surface area contributed by atoms with Crippen molar-refractivity contribution < 1.29 is 13.2 Å². The lowest BCUT2D eigenvalue weighted by atomic mass is 9.99. The van der Waals surface area contributed by atoms with Gasteiger partial charge in [0.1, 0.15) is 5.82 Å². The Labute approximate surface area is 115 Å². The van der Waals surface area contributed by atoms with Crippen LogP contribution in [0.4, 0.5) is 13.2 Å². The predicted octanol–water partition coefficient (Wildman–Crippen LogP) is 3.98. The van der Waals surface area contributed by atoms with Crippen LogP contribution in [-0.4, -0.2) is 7.05 Å². The minimum absolute atomic E-state index is 0.0969. The minimum atomic E-state index is -1.16. The van der Waals surface area contributed by atoms with Gasteiger partial charge < -0.3 is 5.32 Å². The zero-order valence-electron chi connectivity index (χ0n) is 11.0. The van der Waals surface area contributed by atoms with Gasteiger partial charge in [0, 0.05) is 17.7 Å². The lowest BCUT2D eigenvalue weighted by molar-refractivity contribution is 0.496. The van der Waals surface area contributed by atoms with Gasteiger partial charge in [-0.3, -0.25) is 0 Å². The van der Waals surface area contributed by atoms with E-state index in [1.807, 2.05) is 19.2 Å². The maximum Gasteiger partial charge on any atom is 0.161 e. The Hall–Kier alpha value is -1.81. The number of hydrogen-bond donors (Lipinski definition) is 1.